The molecule has 0 aliphatic carbocycles. The smallest absolute Gasteiger partial charge is 0.248 e. The third kappa shape index (κ3) is 4.13. The second-order valence-corrected chi connectivity index (χ2v) is 4.18. The number of carbonyl (C=O) groups excluding carboxylic acids is 2. The average molecular weight is 270 g/mol. The Bertz CT molecular complexity index is 613. The molecule has 0 atom stereocenters. The molecule has 1 heterocycles. The maximum atomic E-state index is 11.7. The summed E-state index contributed by atoms with van der Waals surface area (Å²) in [5.74, 6) is -0.0378. The first kappa shape index (κ1) is 13.6. The summed E-state index contributed by atoms with van der Waals surface area (Å²) in [4.78, 5) is 22.4. The van der Waals surface area contributed by atoms with E-state index in [9.17, 15) is 9.59 Å². The van der Waals surface area contributed by atoms with Crippen LogP contribution in [0.2, 0.25) is 0 Å². The van der Waals surface area contributed by atoms with Crippen LogP contribution in [0, 0.1) is 0 Å². The van der Waals surface area contributed by atoms with Crippen LogP contribution in [0.5, 0.6) is 0 Å². The zero-order valence-electron chi connectivity index (χ0n) is 10.7. The SMILES string of the molecule is NC(=O)Cc1ccc(NC(=O)C=Cc2ccco2)cc1. The van der Waals surface area contributed by atoms with Crippen molar-refractivity contribution in [2.24, 2.45) is 5.73 Å². The number of amides is 2. The molecule has 2 aromatic rings. The van der Waals surface area contributed by atoms with Crippen molar-refractivity contribution >= 4 is 23.6 Å². The van der Waals surface area contributed by atoms with Gasteiger partial charge in [-0.3, -0.25) is 9.59 Å². The van der Waals surface area contributed by atoms with Crippen molar-refractivity contribution in [2.75, 3.05) is 5.32 Å². The van der Waals surface area contributed by atoms with Crippen LogP contribution in [0.4, 0.5) is 5.69 Å². The van der Waals surface area contributed by atoms with Crippen molar-refractivity contribution in [3.8, 4) is 0 Å². The fourth-order valence-electron chi connectivity index (χ4n) is 1.63. The number of furan rings is 1. The van der Waals surface area contributed by atoms with Crippen molar-refractivity contribution in [3.05, 3.63) is 60.1 Å². The summed E-state index contributed by atoms with van der Waals surface area (Å²) >= 11 is 0. The highest BCUT2D eigenvalue weighted by Gasteiger charge is 2.01. The molecule has 0 aliphatic heterocycles. The topological polar surface area (TPSA) is 85.3 Å². The fourth-order valence-corrected chi connectivity index (χ4v) is 1.63. The summed E-state index contributed by atoms with van der Waals surface area (Å²) < 4.78 is 5.08. The third-order valence-corrected chi connectivity index (χ3v) is 2.54. The van der Waals surface area contributed by atoms with E-state index in [4.69, 9.17) is 10.2 Å². The third-order valence-electron chi connectivity index (χ3n) is 2.54. The molecular formula is C15H14N2O3. The minimum Gasteiger partial charge on any atom is -0.465 e. The second kappa shape index (κ2) is 6.38. The molecule has 0 fully saturated rings. The highest BCUT2D eigenvalue weighted by atomic mass is 16.3. The van der Waals surface area contributed by atoms with Gasteiger partial charge in [-0.1, -0.05) is 12.1 Å². The molecule has 1 aromatic heterocycles. The molecule has 0 spiro atoms. The van der Waals surface area contributed by atoms with Crippen LogP contribution < -0.4 is 11.1 Å². The number of benzene rings is 1. The molecule has 5 nitrogen and oxygen atoms in total. The number of anilines is 1. The number of hydrogen-bond acceptors (Lipinski definition) is 3. The van der Waals surface area contributed by atoms with E-state index < -0.39 is 0 Å². The monoisotopic (exact) mass is 270 g/mol. The van der Waals surface area contributed by atoms with Gasteiger partial charge in [-0.15, -0.1) is 0 Å². The minimum absolute atomic E-state index is 0.187. The van der Waals surface area contributed by atoms with E-state index in [1.807, 2.05) is 0 Å². The molecule has 0 unspecified atom stereocenters. The lowest BCUT2D eigenvalue weighted by Crippen LogP contribution is -2.13. The van der Waals surface area contributed by atoms with Crippen LogP contribution in [0.25, 0.3) is 6.08 Å². The van der Waals surface area contributed by atoms with Gasteiger partial charge in [0.15, 0.2) is 0 Å². The van der Waals surface area contributed by atoms with E-state index >= 15 is 0 Å². The quantitative estimate of drug-likeness (QED) is 0.814. The van der Waals surface area contributed by atoms with Crippen LogP contribution in [0.1, 0.15) is 11.3 Å². The summed E-state index contributed by atoms with van der Waals surface area (Å²) in [5, 5.41) is 2.70. The summed E-state index contributed by atoms with van der Waals surface area (Å²) in [7, 11) is 0. The molecule has 2 amide bonds. The van der Waals surface area contributed by atoms with Gasteiger partial charge in [0.25, 0.3) is 0 Å². The molecule has 0 saturated heterocycles. The van der Waals surface area contributed by atoms with Gasteiger partial charge in [0, 0.05) is 11.8 Å². The predicted octanol–water partition coefficient (Wildman–Crippen LogP) is 1.96. The normalized spacial score (nSPS) is 10.6. The molecule has 2 rings (SSSR count). The Kier molecular flexibility index (Phi) is 4.34. The van der Waals surface area contributed by atoms with Gasteiger partial charge >= 0.3 is 0 Å². The minimum atomic E-state index is -0.386. The Morgan fingerprint density at radius 3 is 2.55 bits per heavy atom. The van der Waals surface area contributed by atoms with Crippen molar-refractivity contribution in [2.45, 2.75) is 6.42 Å². The van der Waals surface area contributed by atoms with E-state index in [2.05, 4.69) is 5.32 Å². The summed E-state index contributed by atoms with van der Waals surface area (Å²) in [6.45, 7) is 0. The highest BCUT2D eigenvalue weighted by molar-refractivity contribution is 6.01. The molecule has 102 valence electrons. The van der Waals surface area contributed by atoms with Crippen molar-refractivity contribution in [1.82, 2.24) is 0 Å². The second-order valence-electron chi connectivity index (χ2n) is 4.18. The first-order valence-electron chi connectivity index (χ1n) is 6.03. The Morgan fingerprint density at radius 2 is 1.95 bits per heavy atom. The molecular weight excluding hydrogens is 256 g/mol. The van der Waals surface area contributed by atoms with Crippen LogP contribution >= 0.6 is 0 Å². The van der Waals surface area contributed by atoms with E-state index in [1.165, 1.54) is 12.3 Å². The van der Waals surface area contributed by atoms with Crippen molar-refractivity contribution < 1.29 is 14.0 Å². The Morgan fingerprint density at radius 1 is 1.20 bits per heavy atom. The van der Waals surface area contributed by atoms with Gasteiger partial charge in [-0.25, -0.2) is 0 Å². The molecule has 0 radical (unpaired) electrons. The lowest BCUT2D eigenvalue weighted by molar-refractivity contribution is -0.117. The molecule has 3 N–H and O–H groups in total. The lowest BCUT2D eigenvalue weighted by Gasteiger charge is -2.03. The Hall–Kier alpha value is -2.82. The van der Waals surface area contributed by atoms with Gasteiger partial charge in [0.05, 0.1) is 12.7 Å². The number of carbonyl (C=O) groups is 2. The summed E-state index contributed by atoms with van der Waals surface area (Å²) in [6.07, 6.45) is 4.69. The number of hydrogen-bond donors (Lipinski definition) is 2. The molecule has 0 aliphatic rings. The van der Waals surface area contributed by atoms with Gasteiger partial charge in [-0.05, 0) is 35.9 Å². The molecule has 5 heteroatoms. The molecule has 20 heavy (non-hydrogen) atoms. The van der Waals surface area contributed by atoms with Crippen LogP contribution in [0.3, 0.4) is 0 Å². The van der Waals surface area contributed by atoms with Crippen LogP contribution in [-0.4, -0.2) is 11.8 Å². The molecule has 1 aromatic carbocycles. The molecule has 0 saturated carbocycles. The van der Waals surface area contributed by atoms with Crippen molar-refractivity contribution in [1.29, 1.82) is 0 Å². The molecule has 0 bridgehead atoms. The fraction of sp³-hybridized carbons (Fsp3) is 0.0667. The first-order valence-corrected chi connectivity index (χ1v) is 6.03. The van der Waals surface area contributed by atoms with E-state index in [0.717, 1.165) is 5.56 Å². The maximum absolute atomic E-state index is 11.7. The zero-order valence-corrected chi connectivity index (χ0v) is 10.7. The summed E-state index contributed by atoms with van der Waals surface area (Å²) in [6, 6.07) is 10.4. The van der Waals surface area contributed by atoms with Gasteiger partial charge in [0.1, 0.15) is 5.76 Å². The van der Waals surface area contributed by atoms with E-state index in [-0.39, 0.29) is 18.2 Å². The van der Waals surface area contributed by atoms with Gasteiger partial charge in [-0.2, -0.15) is 0 Å². The average Bonchev–Trinajstić information content (AvgIpc) is 2.91. The largest absolute Gasteiger partial charge is 0.465 e. The van der Waals surface area contributed by atoms with E-state index in [1.54, 1.807) is 42.5 Å². The zero-order chi connectivity index (χ0) is 14.4. The summed E-state index contributed by atoms with van der Waals surface area (Å²) in [5.41, 5.74) is 6.56. The van der Waals surface area contributed by atoms with Gasteiger partial charge < -0.3 is 15.5 Å². The highest BCUT2D eigenvalue weighted by Crippen LogP contribution is 2.10. The van der Waals surface area contributed by atoms with Crippen LogP contribution in [0.15, 0.2) is 53.2 Å². The maximum Gasteiger partial charge on any atom is 0.248 e. The number of rotatable bonds is 5. The predicted molar refractivity (Wildman–Crippen MR) is 75.7 cm³/mol. The Balaban J connectivity index is 1.92. The van der Waals surface area contributed by atoms with Crippen molar-refractivity contribution in [3.63, 3.8) is 0 Å². The first-order chi connectivity index (χ1) is 9.63. The van der Waals surface area contributed by atoms with Gasteiger partial charge in [0.2, 0.25) is 11.8 Å². The van der Waals surface area contributed by atoms with E-state index in [0.29, 0.717) is 11.4 Å². The van der Waals surface area contributed by atoms with Crippen LogP contribution in [-0.2, 0) is 16.0 Å². The number of nitrogens with one attached hydrogen (secondary N) is 1. The number of primary amides is 1. The Labute approximate surface area is 116 Å². The standard InChI is InChI=1S/C15H14N2O3/c16-14(18)10-11-3-5-12(6-4-11)17-15(19)8-7-13-2-1-9-20-13/h1-9H,10H2,(H2,16,18)(H,17,19). The number of nitrogens with two attached hydrogens (primary N) is 1. The lowest BCUT2D eigenvalue weighted by atomic mass is 10.1.